The zero-order valence-corrected chi connectivity index (χ0v) is 15.1. The van der Waals surface area contributed by atoms with Crippen LogP contribution in [0, 0.1) is 13.8 Å². The van der Waals surface area contributed by atoms with Gasteiger partial charge in [0.2, 0.25) is 0 Å². The highest BCUT2D eigenvalue weighted by Gasteiger charge is 2.19. The molecule has 0 bridgehead atoms. The van der Waals surface area contributed by atoms with Gasteiger partial charge in [-0.15, -0.1) is 10.2 Å². The molecule has 3 rings (SSSR count). The summed E-state index contributed by atoms with van der Waals surface area (Å²) in [7, 11) is 1.76. The van der Waals surface area contributed by atoms with Gasteiger partial charge >= 0.3 is 6.03 Å². The number of para-hydroxylation sites is 1. The van der Waals surface area contributed by atoms with Gasteiger partial charge in [-0.05, 0) is 31.4 Å². The van der Waals surface area contributed by atoms with E-state index >= 15 is 0 Å². The minimum Gasteiger partial charge on any atom is -0.491 e. The van der Waals surface area contributed by atoms with Crippen LogP contribution in [-0.4, -0.2) is 45.9 Å². The molecule has 0 aliphatic carbocycles. The van der Waals surface area contributed by atoms with Crippen molar-refractivity contribution in [2.24, 2.45) is 0 Å². The number of hydrogen-bond donors (Lipinski definition) is 1. The van der Waals surface area contributed by atoms with Crippen molar-refractivity contribution in [1.82, 2.24) is 25.0 Å². The van der Waals surface area contributed by atoms with Crippen LogP contribution in [0.3, 0.4) is 0 Å². The van der Waals surface area contributed by atoms with Crippen molar-refractivity contribution in [2.45, 2.75) is 39.8 Å². The fourth-order valence-electron chi connectivity index (χ4n) is 3.08. The number of aryl methyl sites for hydroxylation is 3. The van der Waals surface area contributed by atoms with Crippen molar-refractivity contribution in [3.05, 3.63) is 41.0 Å². The first-order chi connectivity index (χ1) is 12.1. The number of rotatable bonds is 6. The van der Waals surface area contributed by atoms with Crippen molar-refractivity contribution < 1.29 is 9.53 Å². The van der Waals surface area contributed by atoms with E-state index in [4.69, 9.17) is 4.74 Å². The predicted octanol–water partition coefficient (Wildman–Crippen LogP) is 2.06. The molecule has 0 saturated heterocycles. The molecular formula is C18H25N5O2. The number of benzene rings is 1. The Kier molecular flexibility index (Phi) is 5.21. The second-order valence-electron chi connectivity index (χ2n) is 6.45. The van der Waals surface area contributed by atoms with Crippen molar-refractivity contribution in [1.29, 1.82) is 0 Å². The van der Waals surface area contributed by atoms with Crippen LogP contribution in [0.4, 0.5) is 4.79 Å². The Balaban J connectivity index is 1.44. The van der Waals surface area contributed by atoms with Crippen LogP contribution in [0.15, 0.2) is 18.2 Å². The molecule has 0 saturated carbocycles. The third-order valence-corrected chi connectivity index (χ3v) is 4.44. The van der Waals surface area contributed by atoms with E-state index in [9.17, 15) is 4.79 Å². The van der Waals surface area contributed by atoms with Gasteiger partial charge in [-0.25, -0.2) is 4.79 Å². The van der Waals surface area contributed by atoms with Gasteiger partial charge in [0, 0.05) is 20.0 Å². The van der Waals surface area contributed by atoms with Gasteiger partial charge in [-0.1, -0.05) is 18.2 Å². The van der Waals surface area contributed by atoms with E-state index in [0.717, 1.165) is 47.9 Å². The number of urea groups is 1. The van der Waals surface area contributed by atoms with Crippen molar-refractivity contribution in [3.8, 4) is 5.75 Å². The van der Waals surface area contributed by atoms with Crippen LogP contribution in [0.25, 0.3) is 0 Å². The monoisotopic (exact) mass is 343 g/mol. The molecule has 1 aliphatic rings. The molecule has 2 amide bonds. The van der Waals surface area contributed by atoms with E-state index in [1.165, 1.54) is 0 Å². The summed E-state index contributed by atoms with van der Waals surface area (Å²) in [5, 5.41) is 11.2. The largest absolute Gasteiger partial charge is 0.491 e. The van der Waals surface area contributed by atoms with Gasteiger partial charge in [-0.3, -0.25) is 0 Å². The summed E-state index contributed by atoms with van der Waals surface area (Å²) in [6, 6.07) is 5.91. The second-order valence-corrected chi connectivity index (χ2v) is 6.45. The number of carbonyl (C=O) groups excluding carboxylic acids is 1. The number of carbonyl (C=O) groups is 1. The molecule has 1 aromatic carbocycles. The summed E-state index contributed by atoms with van der Waals surface area (Å²) < 4.78 is 7.91. The molecule has 0 fully saturated rings. The van der Waals surface area contributed by atoms with Gasteiger partial charge in [0.25, 0.3) is 0 Å². The highest BCUT2D eigenvalue weighted by Crippen LogP contribution is 2.21. The quantitative estimate of drug-likeness (QED) is 0.815. The Morgan fingerprint density at radius 3 is 2.84 bits per heavy atom. The molecule has 0 unspecified atom stereocenters. The molecule has 25 heavy (non-hydrogen) atoms. The molecule has 2 aromatic rings. The first kappa shape index (κ1) is 17.3. The first-order valence-corrected chi connectivity index (χ1v) is 8.65. The lowest BCUT2D eigenvalue weighted by atomic mass is 10.1. The summed E-state index contributed by atoms with van der Waals surface area (Å²) in [4.78, 5) is 13.8. The van der Waals surface area contributed by atoms with Crippen LogP contribution >= 0.6 is 0 Å². The molecule has 134 valence electrons. The smallest absolute Gasteiger partial charge is 0.317 e. The molecule has 7 nitrogen and oxygen atoms in total. The van der Waals surface area contributed by atoms with Crippen LogP contribution in [0.5, 0.6) is 5.75 Å². The molecule has 7 heteroatoms. The van der Waals surface area contributed by atoms with E-state index in [2.05, 4.69) is 20.1 Å². The van der Waals surface area contributed by atoms with Crippen molar-refractivity contribution in [3.63, 3.8) is 0 Å². The average Bonchev–Trinajstić information content (AvgIpc) is 3.18. The highest BCUT2D eigenvalue weighted by atomic mass is 16.5. The van der Waals surface area contributed by atoms with Crippen LogP contribution in [0.2, 0.25) is 0 Å². The van der Waals surface area contributed by atoms with Crippen molar-refractivity contribution in [2.75, 3.05) is 20.2 Å². The minimum atomic E-state index is -0.138. The maximum Gasteiger partial charge on any atom is 0.317 e. The molecule has 1 N–H and O–H groups in total. The number of nitrogens with one attached hydrogen (secondary N) is 1. The number of ether oxygens (including phenoxy) is 1. The minimum absolute atomic E-state index is 0.138. The number of nitrogens with zero attached hydrogens (tertiary/aromatic N) is 4. The molecule has 2 heterocycles. The van der Waals surface area contributed by atoms with E-state index in [-0.39, 0.29) is 6.03 Å². The number of amides is 2. The van der Waals surface area contributed by atoms with E-state index < -0.39 is 0 Å². The lowest BCUT2D eigenvalue weighted by Crippen LogP contribution is -2.39. The van der Waals surface area contributed by atoms with E-state index in [1.54, 1.807) is 11.9 Å². The third kappa shape index (κ3) is 3.92. The van der Waals surface area contributed by atoms with Gasteiger partial charge in [0.1, 0.15) is 18.2 Å². The SMILES string of the molecule is Cc1cccc(C)c1OCCNC(=O)N(C)Cc1nnc2n1CCC2. The van der Waals surface area contributed by atoms with Gasteiger partial charge in [-0.2, -0.15) is 0 Å². The maximum atomic E-state index is 12.2. The fraction of sp³-hybridized carbons (Fsp3) is 0.500. The Morgan fingerprint density at radius 1 is 1.32 bits per heavy atom. The fourth-order valence-corrected chi connectivity index (χ4v) is 3.08. The molecular weight excluding hydrogens is 318 g/mol. The Hall–Kier alpha value is -2.57. The summed E-state index contributed by atoms with van der Waals surface area (Å²) >= 11 is 0. The lowest BCUT2D eigenvalue weighted by Gasteiger charge is -2.18. The lowest BCUT2D eigenvalue weighted by molar-refractivity contribution is 0.201. The van der Waals surface area contributed by atoms with Gasteiger partial charge in [0.15, 0.2) is 5.82 Å². The van der Waals surface area contributed by atoms with Crippen LogP contribution < -0.4 is 10.1 Å². The summed E-state index contributed by atoms with van der Waals surface area (Å²) in [5.41, 5.74) is 2.20. The van der Waals surface area contributed by atoms with Crippen molar-refractivity contribution >= 4 is 6.03 Å². The molecule has 0 spiro atoms. The van der Waals surface area contributed by atoms with E-state index in [1.807, 2.05) is 32.0 Å². The van der Waals surface area contributed by atoms with Crippen LogP contribution in [0.1, 0.15) is 29.2 Å². The second kappa shape index (κ2) is 7.55. The average molecular weight is 343 g/mol. The number of aromatic nitrogens is 3. The molecule has 1 aromatic heterocycles. The summed E-state index contributed by atoms with van der Waals surface area (Å²) in [6.45, 7) is 6.32. The van der Waals surface area contributed by atoms with Crippen LogP contribution in [-0.2, 0) is 19.5 Å². The predicted molar refractivity (Wildman–Crippen MR) is 94.6 cm³/mol. The highest BCUT2D eigenvalue weighted by molar-refractivity contribution is 5.73. The number of fused-ring (bicyclic) bond motifs is 1. The summed E-state index contributed by atoms with van der Waals surface area (Å²) in [5.74, 6) is 2.76. The Labute approximate surface area is 148 Å². The zero-order valence-electron chi connectivity index (χ0n) is 15.1. The van der Waals surface area contributed by atoms with Gasteiger partial charge in [0.05, 0.1) is 13.1 Å². The summed E-state index contributed by atoms with van der Waals surface area (Å²) in [6.07, 6.45) is 2.07. The number of hydrogen-bond acceptors (Lipinski definition) is 4. The first-order valence-electron chi connectivity index (χ1n) is 8.65. The topological polar surface area (TPSA) is 72.3 Å². The molecule has 1 aliphatic heterocycles. The van der Waals surface area contributed by atoms with Gasteiger partial charge < -0.3 is 19.5 Å². The standard InChI is InChI=1S/C18H25N5O2/c1-13-6-4-7-14(2)17(13)25-11-9-19-18(24)22(3)12-16-21-20-15-8-5-10-23(15)16/h4,6-7H,5,8-12H2,1-3H3,(H,19,24). The third-order valence-electron chi connectivity index (χ3n) is 4.44. The normalized spacial score (nSPS) is 12.8. The Bertz CT molecular complexity index is 736. The molecule has 0 radical (unpaired) electrons. The van der Waals surface area contributed by atoms with E-state index in [0.29, 0.717) is 19.7 Å². The Morgan fingerprint density at radius 2 is 2.08 bits per heavy atom. The zero-order chi connectivity index (χ0) is 17.8. The molecule has 0 atom stereocenters. The maximum absolute atomic E-state index is 12.2.